The van der Waals surface area contributed by atoms with Crippen molar-refractivity contribution >= 4 is 15.9 Å². The van der Waals surface area contributed by atoms with Crippen LogP contribution in [0.15, 0.2) is 12.4 Å². The van der Waals surface area contributed by atoms with E-state index in [9.17, 15) is 0 Å². The number of hydrogen-bond acceptors (Lipinski definition) is 2. The summed E-state index contributed by atoms with van der Waals surface area (Å²) in [6, 6.07) is 0. The summed E-state index contributed by atoms with van der Waals surface area (Å²) in [5.74, 6) is 2.02. The lowest BCUT2D eigenvalue weighted by atomic mass is 9.96. The number of alkyl halides is 1. The van der Waals surface area contributed by atoms with E-state index in [-0.39, 0.29) is 0 Å². The van der Waals surface area contributed by atoms with E-state index in [4.69, 9.17) is 0 Å². The van der Waals surface area contributed by atoms with Crippen molar-refractivity contribution in [2.45, 2.75) is 32.7 Å². The van der Waals surface area contributed by atoms with E-state index >= 15 is 0 Å². The largest absolute Gasteiger partial charge is 0.334 e. The van der Waals surface area contributed by atoms with E-state index in [1.807, 2.05) is 6.20 Å². The molecule has 17 heavy (non-hydrogen) atoms. The lowest BCUT2D eigenvalue weighted by Crippen LogP contribution is -2.37. The lowest BCUT2D eigenvalue weighted by Gasteiger charge is -2.32. The number of aryl methyl sites for hydroxylation is 1. The highest BCUT2D eigenvalue weighted by Gasteiger charge is 2.18. The molecular formula is C13H22BrN3. The number of likely N-dealkylation sites (tertiary alicyclic amines) is 1. The summed E-state index contributed by atoms with van der Waals surface area (Å²) in [6.45, 7) is 6.86. The minimum atomic E-state index is 0.895. The fourth-order valence-corrected chi connectivity index (χ4v) is 3.28. The van der Waals surface area contributed by atoms with Gasteiger partial charge in [-0.3, -0.25) is 0 Å². The summed E-state index contributed by atoms with van der Waals surface area (Å²) in [6.07, 6.45) is 8.06. The molecule has 1 aliphatic heterocycles. The predicted octanol–water partition coefficient (Wildman–Crippen LogP) is 2.69. The van der Waals surface area contributed by atoms with Gasteiger partial charge >= 0.3 is 0 Å². The van der Waals surface area contributed by atoms with Gasteiger partial charge in [-0.05, 0) is 38.6 Å². The van der Waals surface area contributed by atoms with E-state index < -0.39 is 0 Å². The highest BCUT2D eigenvalue weighted by atomic mass is 79.9. The second-order valence-electron chi connectivity index (χ2n) is 4.95. The van der Waals surface area contributed by atoms with Gasteiger partial charge in [-0.2, -0.15) is 0 Å². The average molecular weight is 300 g/mol. The first kappa shape index (κ1) is 13.1. The van der Waals surface area contributed by atoms with Crippen LogP contribution < -0.4 is 0 Å². The Bertz CT molecular complexity index is 335. The number of aromatic nitrogens is 2. The van der Waals surface area contributed by atoms with Gasteiger partial charge in [0.05, 0.1) is 0 Å². The number of rotatable bonds is 5. The molecule has 0 bridgehead atoms. The summed E-state index contributed by atoms with van der Waals surface area (Å²) in [5, 5.41) is 1.14. The van der Waals surface area contributed by atoms with Crippen molar-refractivity contribution in [1.29, 1.82) is 0 Å². The van der Waals surface area contributed by atoms with Crippen molar-refractivity contribution in [1.82, 2.24) is 14.5 Å². The fraction of sp³-hybridized carbons (Fsp3) is 0.769. The molecule has 0 aliphatic carbocycles. The average Bonchev–Trinajstić information content (AvgIpc) is 2.73. The molecule has 0 spiro atoms. The highest BCUT2D eigenvalue weighted by molar-refractivity contribution is 9.09. The van der Waals surface area contributed by atoms with Crippen molar-refractivity contribution in [3.8, 4) is 0 Å². The smallest absolute Gasteiger partial charge is 0.105 e. The van der Waals surface area contributed by atoms with E-state index in [1.165, 1.54) is 32.4 Å². The molecule has 0 saturated carbocycles. The first-order chi connectivity index (χ1) is 8.29. The summed E-state index contributed by atoms with van der Waals surface area (Å²) >= 11 is 3.55. The Kier molecular flexibility index (Phi) is 5.04. The van der Waals surface area contributed by atoms with E-state index in [0.717, 1.165) is 30.2 Å². The normalized spacial score (nSPS) is 21.9. The first-order valence-corrected chi connectivity index (χ1v) is 7.68. The Morgan fingerprint density at radius 2 is 2.35 bits per heavy atom. The number of hydrogen-bond donors (Lipinski definition) is 0. The Labute approximate surface area is 112 Å². The second-order valence-corrected chi connectivity index (χ2v) is 5.75. The van der Waals surface area contributed by atoms with Crippen LogP contribution in [0, 0.1) is 12.8 Å². The monoisotopic (exact) mass is 299 g/mol. The zero-order chi connectivity index (χ0) is 12.1. The molecule has 3 nitrogen and oxygen atoms in total. The summed E-state index contributed by atoms with van der Waals surface area (Å²) in [4.78, 5) is 6.87. The summed E-state index contributed by atoms with van der Waals surface area (Å²) in [5.41, 5.74) is 0. The third kappa shape index (κ3) is 3.81. The minimum absolute atomic E-state index is 0.895. The molecule has 1 aliphatic rings. The fourth-order valence-electron chi connectivity index (χ4n) is 2.63. The van der Waals surface area contributed by atoms with Crippen molar-refractivity contribution < 1.29 is 0 Å². The zero-order valence-corrected chi connectivity index (χ0v) is 12.2. The molecule has 2 rings (SSSR count). The maximum absolute atomic E-state index is 4.26. The van der Waals surface area contributed by atoms with Gasteiger partial charge in [0, 0.05) is 37.4 Å². The van der Waals surface area contributed by atoms with Gasteiger partial charge in [0.2, 0.25) is 0 Å². The third-order valence-electron chi connectivity index (χ3n) is 3.70. The Balaban J connectivity index is 1.77. The van der Waals surface area contributed by atoms with Crippen LogP contribution in [0.2, 0.25) is 0 Å². The summed E-state index contributed by atoms with van der Waals surface area (Å²) in [7, 11) is 0. The molecule has 1 fully saturated rings. The molecule has 0 amide bonds. The van der Waals surface area contributed by atoms with E-state index in [0.29, 0.717) is 0 Å². The first-order valence-electron chi connectivity index (χ1n) is 6.55. The number of halogens is 1. The second kappa shape index (κ2) is 6.55. The van der Waals surface area contributed by atoms with Crippen LogP contribution in [0.3, 0.4) is 0 Å². The van der Waals surface area contributed by atoms with Crippen LogP contribution in [0.4, 0.5) is 0 Å². The highest BCUT2D eigenvalue weighted by Crippen LogP contribution is 2.20. The predicted molar refractivity (Wildman–Crippen MR) is 74.5 cm³/mol. The van der Waals surface area contributed by atoms with Gasteiger partial charge < -0.3 is 9.47 Å². The van der Waals surface area contributed by atoms with Crippen LogP contribution in [-0.4, -0.2) is 39.4 Å². The lowest BCUT2D eigenvalue weighted by molar-refractivity contribution is 0.167. The molecule has 1 aromatic rings. The van der Waals surface area contributed by atoms with Crippen molar-refractivity contribution in [2.75, 3.05) is 25.0 Å². The molecule has 96 valence electrons. The molecule has 1 unspecified atom stereocenters. The van der Waals surface area contributed by atoms with Crippen LogP contribution >= 0.6 is 15.9 Å². The van der Waals surface area contributed by atoms with Crippen LogP contribution in [0.5, 0.6) is 0 Å². The van der Waals surface area contributed by atoms with Crippen LogP contribution in [-0.2, 0) is 6.54 Å². The molecule has 4 heteroatoms. The van der Waals surface area contributed by atoms with Gasteiger partial charge in [-0.15, -0.1) is 0 Å². The molecule has 1 aromatic heterocycles. The Hall–Kier alpha value is -0.350. The van der Waals surface area contributed by atoms with Crippen molar-refractivity contribution in [2.24, 2.45) is 5.92 Å². The zero-order valence-electron chi connectivity index (χ0n) is 10.6. The molecule has 1 atom stereocenters. The van der Waals surface area contributed by atoms with Crippen molar-refractivity contribution in [3.05, 3.63) is 18.2 Å². The quantitative estimate of drug-likeness (QED) is 0.780. The van der Waals surface area contributed by atoms with E-state index in [2.05, 4.69) is 43.5 Å². The van der Waals surface area contributed by atoms with Crippen LogP contribution in [0.1, 0.15) is 25.1 Å². The number of piperidine rings is 1. The molecule has 0 radical (unpaired) electrons. The SMILES string of the molecule is Cc1nccn1CCN1CCCC(CCBr)C1. The van der Waals surface area contributed by atoms with Gasteiger partial charge in [0.15, 0.2) is 0 Å². The standard InChI is InChI=1S/C13H22BrN3/c1-12-15-6-8-17(12)10-9-16-7-2-3-13(11-16)4-5-14/h6,8,13H,2-5,7,9-11H2,1H3. The van der Waals surface area contributed by atoms with Crippen LogP contribution in [0.25, 0.3) is 0 Å². The molecule has 2 heterocycles. The third-order valence-corrected chi connectivity index (χ3v) is 4.16. The van der Waals surface area contributed by atoms with Gasteiger partial charge in [-0.1, -0.05) is 15.9 Å². The van der Waals surface area contributed by atoms with Crippen molar-refractivity contribution in [3.63, 3.8) is 0 Å². The molecule has 0 N–H and O–H groups in total. The maximum atomic E-state index is 4.26. The van der Waals surface area contributed by atoms with Gasteiger partial charge in [0.1, 0.15) is 5.82 Å². The number of nitrogens with zero attached hydrogens (tertiary/aromatic N) is 3. The van der Waals surface area contributed by atoms with E-state index in [1.54, 1.807) is 0 Å². The maximum Gasteiger partial charge on any atom is 0.105 e. The molecule has 1 saturated heterocycles. The molecular weight excluding hydrogens is 278 g/mol. The molecule has 0 aromatic carbocycles. The van der Waals surface area contributed by atoms with Gasteiger partial charge in [0.25, 0.3) is 0 Å². The van der Waals surface area contributed by atoms with Gasteiger partial charge in [-0.25, -0.2) is 4.98 Å². The Morgan fingerprint density at radius 1 is 1.47 bits per heavy atom. The topological polar surface area (TPSA) is 21.1 Å². The summed E-state index contributed by atoms with van der Waals surface area (Å²) < 4.78 is 2.24. The Morgan fingerprint density at radius 3 is 3.06 bits per heavy atom. The number of imidazole rings is 1. The minimum Gasteiger partial charge on any atom is -0.334 e.